The topological polar surface area (TPSA) is 51.5 Å². The number of hydrogen-bond acceptors (Lipinski definition) is 4. The van der Waals surface area contributed by atoms with Crippen LogP contribution in [0.3, 0.4) is 0 Å². The molecule has 0 aliphatic rings. The van der Waals surface area contributed by atoms with Crippen LogP contribution in [0.4, 0.5) is 5.69 Å². The Balaban J connectivity index is 2.68. The Kier molecular flexibility index (Phi) is 2.95. The van der Waals surface area contributed by atoms with Crippen molar-refractivity contribution in [2.24, 2.45) is 5.92 Å². The van der Waals surface area contributed by atoms with E-state index in [9.17, 15) is 4.79 Å². The van der Waals surface area contributed by atoms with Gasteiger partial charge in [-0.25, -0.2) is 0 Å². The first-order chi connectivity index (χ1) is 6.15. The summed E-state index contributed by atoms with van der Waals surface area (Å²) < 4.78 is 9.92. The van der Waals surface area contributed by atoms with Crippen LogP contribution in [-0.2, 0) is 4.79 Å². The number of furan rings is 1. The van der Waals surface area contributed by atoms with E-state index in [1.165, 1.54) is 12.5 Å². The number of hydrogen-bond donors (Lipinski definition) is 1. The highest BCUT2D eigenvalue weighted by Gasteiger charge is 2.13. The van der Waals surface area contributed by atoms with Gasteiger partial charge >= 0.3 is 5.97 Å². The third-order valence-electron chi connectivity index (χ3n) is 1.58. The highest BCUT2D eigenvalue weighted by molar-refractivity contribution is 5.76. The average molecular weight is 183 g/mol. The molecule has 1 rings (SSSR count). The Bertz CT molecular complexity index is 291. The van der Waals surface area contributed by atoms with Crippen LogP contribution in [0.5, 0.6) is 5.75 Å². The molecule has 0 fully saturated rings. The Morgan fingerprint density at radius 1 is 1.54 bits per heavy atom. The van der Waals surface area contributed by atoms with E-state index in [1.54, 1.807) is 20.9 Å². The van der Waals surface area contributed by atoms with E-state index >= 15 is 0 Å². The number of esters is 1. The van der Waals surface area contributed by atoms with Gasteiger partial charge in [-0.15, -0.1) is 0 Å². The van der Waals surface area contributed by atoms with Gasteiger partial charge in [0.25, 0.3) is 0 Å². The lowest BCUT2D eigenvalue weighted by Gasteiger charge is -2.05. The lowest BCUT2D eigenvalue weighted by atomic mass is 10.2. The molecule has 0 atom stereocenters. The highest BCUT2D eigenvalue weighted by Crippen LogP contribution is 2.25. The Morgan fingerprint density at radius 2 is 2.23 bits per heavy atom. The fourth-order valence-electron chi connectivity index (χ4n) is 0.773. The molecule has 0 spiro atoms. The maximum Gasteiger partial charge on any atom is 0.313 e. The number of carbonyl (C=O) groups excluding carboxylic acids is 1. The minimum atomic E-state index is -0.266. The Hall–Kier alpha value is -1.45. The molecule has 0 aliphatic carbocycles. The zero-order valence-corrected chi connectivity index (χ0v) is 7.96. The second kappa shape index (κ2) is 3.98. The van der Waals surface area contributed by atoms with E-state index in [1.807, 2.05) is 0 Å². The summed E-state index contributed by atoms with van der Waals surface area (Å²) in [4.78, 5) is 11.2. The molecular formula is C9H13NO3. The van der Waals surface area contributed by atoms with Gasteiger partial charge in [-0.1, -0.05) is 13.8 Å². The van der Waals surface area contributed by atoms with Crippen LogP contribution in [-0.4, -0.2) is 13.0 Å². The minimum absolute atomic E-state index is 0.139. The molecule has 1 heterocycles. The van der Waals surface area contributed by atoms with Crippen molar-refractivity contribution in [3.05, 3.63) is 12.5 Å². The molecule has 13 heavy (non-hydrogen) atoms. The van der Waals surface area contributed by atoms with Crippen molar-refractivity contribution in [1.29, 1.82) is 0 Å². The summed E-state index contributed by atoms with van der Waals surface area (Å²) in [6.07, 6.45) is 2.88. The van der Waals surface area contributed by atoms with Crippen molar-refractivity contribution in [2.75, 3.05) is 12.4 Å². The molecule has 1 aromatic heterocycles. The maximum absolute atomic E-state index is 11.2. The molecule has 0 amide bonds. The quantitative estimate of drug-likeness (QED) is 0.727. The van der Waals surface area contributed by atoms with Crippen LogP contribution in [0.2, 0.25) is 0 Å². The zero-order chi connectivity index (χ0) is 9.84. The zero-order valence-electron chi connectivity index (χ0n) is 7.96. The molecule has 72 valence electrons. The summed E-state index contributed by atoms with van der Waals surface area (Å²) in [6.45, 7) is 3.56. The molecular weight excluding hydrogens is 170 g/mol. The van der Waals surface area contributed by atoms with Crippen LogP contribution < -0.4 is 10.1 Å². The first-order valence-electron chi connectivity index (χ1n) is 4.10. The van der Waals surface area contributed by atoms with Crippen molar-refractivity contribution < 1.29 is 13.9 Å². The monoisotopic (exact) mass is 183 g/mol. The molecule has 0 saturated carbocycles. The van der Waals surface area contributed by atoms with E-state index in [2.05, 4.69) is 5.32 Å². The Labute approximate surface area is 76.9 Å². The molecule has 0 aromatic carbocycles. The maximum atomic E-state index is 11.2. The average Bonchev–Trinajstić information content (AvgIpc) is 2.51. The van der Waals surface area contributed by atoms with E-state index in [0.29, 0.717) is 11.4 Å². The van der Waals surface area contributed by atoms with Crippen LogP contribution in [0.25, 0.3) is 0 Å². The van der Waals surface area contributed by atoms with Gasteiger partial charge in [-0.3, -0.25) is 4.79 Å². The fraction of sp³-hybridized carbons (Fsp3) is 0.444. The normalized spacial score (nSPS) is 10.2. The van der Waals surface area contributed by atoms with Gasteiger partial charge in [0.1, 0.15) is 18.2 Å². The first kappa shape index (κ1) is 9.64. The molecule has 0 saturated heterocycles. The number of anilines is 1. The van der Waals surface area contributed by atoms with E-state index < -0.39 is 0 Å². The minimum Gasteiger partial charge on any atom is -0.466 e. The Morgan fingerprint density at radius 3 is 2.77 bits per heavy atom. The van der Waals surface area contributed by atoms with E-state index in [4.69, 9.17) is 9.15 Å². The predicted octanol–water partition coefficient (Wildman–Crippen LogP) is 1.88. The van der Waals surface area contributed by atoms with Crippen molar-refractivity contribution >= 4 is 11.7 Å². The van der Waals surface area contributed by atoms with Gasteiger partial charge in [0.05, 0.1) is 5.92 Å². The number of carbonyl (C=O) groups is 1. The molecule has 0 bridgehead atoms. The third-order valence-corrected chi connectivity index (χ3v) is 1.58. The second-order valence-electron chi connectivity index (χ2n) is 2.98. The van der Waals surface area contributed by atoms with Crippen LogP contribution in [0.15, 0.2) is 16.9 Å². The number of nitrogens with one attached hydrogen (secondary N) is 1. The predicted molar refractivity (Wildman–Crippen MR) is 48.7 cm³/mol. The molecule has 1 N–H and O–H groups in total. The summed E-state index contributed by atoms with van der Waals surface area (Å²) >= 11 is 0. The van der Waals surface area contributed by atoms with Gasteiger partial charge in [-0.05, 0) is 0 Å². The smallest absolute Gasteiger partial charge is 0.313 e. The number of ether oxygens (including phenoxy) is 1. The summed E-state index contributed by atoms with van der Waals surface area (Å²) in [7, 11) is 1.73. The van der Waals surface area contributed by atoms with Crippen LogP contribution >= 0.6 is 0 Å². The lowest BCUT2D eigenvalue weighted by Crippen LogP contribution is -2.14. The van der Waals surface area contributed by atoms with Crippen molar-refractivity contribution in [3.63, 3.8) is 0 Å². The molecule has 0 aliphatic heterocycles. The highest BCUT2D eigenvalue weighted by atomic mass is 16.5. The lowest BCUT2D eigenvalue weighted by molar-refractivity contribution is -0.137. The molecule has 0 unspecified atom stereocenters. The standard InChI is InChI=1S/C9H13NO3/c1-6(2)9(11)13-8-5-12-4-7(8)10-3/h4-6,10H,1-3H3. The van der Waals surface area contributed by atoms with Gasteiger partial charge in [0.15, 0.2) is 5.75 Å². The summed E-state index contributed by atoms with van der Waals surface area (Å²) in [5.41, 5.74) is 0.675. The molecule has 0 radical (unpaired) electrons. The van der Waals surface area contributed by atoms with Crippen molar-refractivity contribution in [3.8, 4) is 5.75 Å². The largest absolute Gasteiger partial charge is 0.466 e. The fourth-order valence-corrected chi connectivity index (χ4v) is 0.773. The molecule has 4 heteroatoms. The summed E-state index contributed by atoms with van der Waals surface area (Å²) in [5.74, 6) is 0.0266. The van der Waals surface area contributed by atoms with Crippen LogP contribution in [0.1, 0.15) is 13.8 Å². The summed E-state index contributed by atoms with van der Waals surface area (Å²) in [5, 5.41) is 2.85. The SMILES string of the molecule is CNc1cocc1OC(=O)C(C)C. The van der Waals surface area contributed by atoms with Gasteiger partial charge in [0, 0.05) is 7.05 Å². The summed E-state index contributed by atoms with van der Waals surface area (Å²) in [6, 6.07) is 0. The van der Waals surface area contributed by atoms with Gasteiger partial charge < -0.3 is 14.5 Å². The van der Waals surface area contributed by atoms with E-state index in [-0.39, 0.29) is 11.9 Å². The molecule has 4 nitrogen and oxygen atoms in total. The van der Waals surface area contributed by atoms with Crippen LogP contribution in [0, 0.1) is 5.92 Å². The van der Waals surface area contributed by atoms with Gasteiger partial charge in [0.2, 0.25) is 0 Å². The third kappa shape index (κ3) is 2.24. The van der Waals surface area contributed by atoms with Gasteiger partial charge in [-0.2, -0.15) is 0 Å². The molecule has 1 aromatic rings. The number of rotatable bonds is 3. The second-order valence-corrected chi connectivity index (χ2v) is 2.98. The van der Waals surface area contributed by atoms with Crippen molar-refractivity contribution in [1.82, 2.24) is 0 Å². The van der Waals surface area contributed by atoms with E-state index in [0.717, 1.165) is 0 Å². The van der Waals surface area contributed by atoms with Crippen molar-refractivity contribution in [2.45, 2.75) is 13.8 Å². The first-order valence-corrected chi connectivity index (χ1v) is 4.10.